The summed E-state index contributed by atoms with van der Waals surface area (Å²) >= 11 is 1.69. The minimum absolute atomic E-state index is 0.489. The lowest BCUT2D eigenvalue weighted by atomic mass is 10.2. The van der Waals surface area contributed by atoms with Gasteiger partial charge in [-0.15, -0.1) is 11.3 Å². The van der Waals surface area contributed by atoms with E-state index in [2.05, 4.69) is 25.8 Å². The molecule has 2 rings (SSSR count). The van der Waals surface area contributed by atoms with Crippen molar-refractivity contribution >= 4 is 17.0 Å². The maximum atomic E-state index is 6.04. The summed E-state index contributed by atoms with van der Waals surface area (Å²) in [6.45, 7) is 9.02. The molecule has 1 aromatic heterocycles. The molecule has 4 heteroatoms. The lowest BCUT2D eigenvalue weighted by Crippen LogP contribution is -2.06. The van der Waals surface area contributed by atoms with E-state index >= 15 is 0 Å². The molecule has 0 aliphatic carbocycles. The van der Waals surface area contributed by atoms with Gasteiger partial charge in [-0.25, -0.2) is 4.98 Å². The third-order valence-electron chi connectivity index (χ3n) is 2.86. The summed E-state index contributed by atoms with van der Waals surface area (Å²) in [7, 11) is 0. The molecule has 2 aromatic rings. The summed E-state index contributed by atoms with van der Waals surface area (Å²) in [5.74, 6) is 1.24. The molecular formula is C15H20N2OS. The molecule has 1 heterocycles. The maximum absolute atomic E-state index is 6.04. The minimum Gasteiger partial charge on any atom is -0.491 e. The Balaban J connectivity index is 2.23. The number of anilines is 1. The van der Waals surface area contributed by atoms with Crippen LogP contribution in [0.25, 0.3) is 10.6 Å². The lowest BCUT2D eigenvalue weighted by Gasteiger charge is -2.11. The van der Waals surface area contributed by atoms with Gasteiger partial charge < -0.3 is 10.5 Å². The molecule has 3 nitrogen and oxygen atoms in total. The lowest BCUT2D eigenvalue weighted by molar-refractivity contribution is 0.272. The Hall–Kier alpha value is -1.55. The highest BCUT2D eigenvalue weighted by atomic mass is 32.1. The van der Waals surface area contributed by atoms with Crippen LogP contribution in [-0.2, 0) is 0 Å². The van der Waals surface area contributed by atoms with Crippen LogP contribution in [0.1, 0.15) is 24.4 Å². The van der Waals surface area contributed by atoms with E-state index in [0.717, 1.165) is 22.0 Å². The van der Waals surface area contributed by atoms with E-state index in [1.807, 2.05) is 25.1 Å². The molecule has 2 N–H and O–H groups in total. The Kier molecular flexibility index (Phi) is 4.10. The van der Waals surface area contributed by atoms with Gasteiger partial charge in [0.2, 0.25) is 0 Å². The second-order valence-corrected chi connectivity index (χ2v) is 6.32. The number of nitrogens with two attached hydrogens (primary N) is 1. The number of benzene rings is 1. The third kappa shape index (κ3) is 3.26. The second kappa shape index (κ2) is 5.61. The number of rotatable bonds is 4. The van der Waals surface area contributed by atoms with Gasteiger partial charge in [0.25, 0.3) is 0 Å². The maximum Gasteiger partial charge on any atom is 0.142 e. The van der Waals surface area contributed by atoms with Gasteiger partial charge in [0.05, 0.1) is 18.0 Å². The average Bonchev–Trinajstić information content (AvgIpc) is 2.68. The van der Waals surface area contributed by atoms with Gasteiger partial charge in [-0.05, 0) is 38.0 Å². The molecule has 19 heavy (non-hydrogen) atoms. The minimum atomic E-state index is 0.489. The summed E-state index contributed by atoms with van der Waals surface area (Å²) in [6, 6.07) is 5.89. The van der Waals surface area contributed by atoms with Crippen molar-refractivity contribution in [1.29, 1.82) is 0 Å². The van der Waals surface area contributed by atoms with Gasteiger partial charge in [0.1, 0.15) is 10.8 Å². The smallest absolute Gasteiger partial charge is 0.142 e. The van der Waals surface area contributed by atoms with Crippen LogP contribution in [0.3, 0.4) is 0 Å². The van der Waals surface area contributed by atoms with Crippen LogP contribution < -0.4 is 10.5 Å². The van der Waals surface area contributed by atoms with E-state index in [0.29, 0.717) is 18.2 Å². The largest absolute Gasteiger partial charge is 0.491 e. The third-order valence-corrected chi connectivity index (χ3v) is 3.98. The van der Waals surface area contributed by atoms with Crippen LogP contribution in [0.4, 0.5) is 5.69 Å². The Bertz CT molecular complexity index is 556. The molecule has 0 bridgehead atoms. The summed E-state index contributed by atoms with van der Waals surface area (Å²) in [6.07, 6.45) is 0. The molecule has 0 atom stereocenters. The summed E-state index contributed by atoms with van der Waals surface area (Å²) in [5.41, 5.74) is 8.85. The first-order valence-corrected chi connectivity index (χ1v) is 7.25. The zero-order valence-corrected chi connectivity index (χ0v) is 12.7. The van der Waals surface area contributed by atoms with Crippen molar-refractivity contribution in [2.45, 2.75) is 27.7 Å². The SMILES string of the molecule is Cc1nc(-c2ccc(OCC(C)C)c(N)c2)sc1C. The number of nitrogen functional groups attached to an aromatic ring is 1. The Morgan fingerprint density at radius 1 is 1.32 bits per heavy atom. The van der Waals surface area contributed by atoms with Gasteiger partial charge in [-0.1, -0.05) is 13.8 Å². The van der Waals surface area contributed by atoms with E-state index in [1.165, 1.54) is 4.88 Å². The monoisotopic (exact) mass is 276 g/mol. The molecule has 0 aliphatic heterocycles. The van der Waals surface area contributed by atoms with E-state index in [4.69, 9.17) is 10.5 Å². The summed E-state index contributed by atoms with van der Waals surface area (Å²) in [4.78, 5) is 5.79. The number of nitrogens with zero attached hydrogens (tertiary/aromatic N) is 1. The van der Waals surface area contributed by atoms with Crippen molar-refractivity contribution in [3.05, 3.63) is 28.8 Å². The predicted octanol–water partition coefficient (Wildman–Crippen LogP) is 4.04. The molecule has 102 valence electrons. The fourth-order valence-corrected chi connectivity index (χ4v) is 2.58. The highest BCUT2D eigenvalue weighted by molar-refractivity contribution is 7.15. The van der Waals surface area contributed by atoms with Crippen LogP contribution in [0, 0.1) is 19.8 Å². The highest BCUT2D eigenvalue weighted by Crippen LogP contribution is 2.32. The van der Waals surface area contributed by atoms with Crippen molar-refractivity contribution in [3.8, 4) is 16.3 Å². The molecular weight excluding hydrogens is 256 g/mol. The van der Waals surface area contributed by atoms with E-state index < -0.39 is 0 Å². The number of aryl methyl sites for hydroxylation is 2. The summed E-state index contributed by atoms with van der Waals surface area (Å²) in [5, 5.41) is 1.01. The molecule has 0 aliphatic rings. The molecule has 0 fully saturated rings. The van der Waals surface area contributed by atoms with Crippen LogP contribution in [-0.4, -0.2) is 11.6 Å². The number of ether oxygens (including phenoxy) is 1. The zero-order chi connectivity index (χ0) is 14.0. The van der Waals surface area contributed by atoms with E-state index in [9.17, 15) is 0 Å². The Morgan fingerprint density at radius 2 is 2.05 bits per heavy atom. The van der Waals surface area contributed by atoms with E-state index in [-0.39, 0.29) is 0 Å². The van der Waals surface area contributed by atoms with Crippen molar-refractivity contribution in [3.63, 3.8) is 0 Å². The van der Waals surface area contributed by atoms with Crippen molar-refractivity contribution in [1.82, 2.24) is 4.98 Å². The first-order valence-electron chi connectivity index (χ1n) is 6.44. The van der Waals surface area contributed by atoms with Crippen molar-refractivity contribution in [2.24, 2.45) is 5.92 Å². The fraction of sp³-hybridized carbons (Fsp3) is 0.400. The number of hydrogen-bond acceptors (Lipinski definition) is 4. The molecule has 1 aromatic carbocycles. The topological polar surface area (TPSA) is 48.1 Å². The van der Waals surface area contributed by atoms with Crippen LogP contribution >= 0.6 is 11.3 Å². The van der Waals surface area contributed by atoms with Crippen LogP contribution in [0.15, 0.2) is 18.2 Å². The Labute approximate surface area is 118 Å². The zero-order valence-electron chi connectivity index (χ0n) is 11.9. The first kappa shape index (κ1) is 13.9. The number of thiazole rings is 1. The number of aromatic nitrogens is 1. The molecule has 0 spiro atoms. The highest BCUT2D eigenvalue weighted by Gasteiger charge is 2.09. The first-order chi connectivity index (χ1) is 8.97. The predicted molar refractivity (Wildman–Crippen MR) is 81.8 cm³/mol. The molecule has 0 unspecified atom stereocenters. The van der Waals surface area contributed by atoms with Gasteiger partial charge in [-0.3, -0.25) is 0 Å². The standard InChI is InChI=1S/C15H20N2OS/c1-9(2)8-18-14-6-5-12(7-13(14)16)15-17-10(3)11(4)19-15/h5-7,9H,8,16H2,1-4H3. The van der Waals surface area contributed by atoms with Gasteiger partial charge in [0.15, 0.2) is 0 Å². The van der Waals surface area contributed by atoms with Gasteiger partial charge in [-0.2, -0.15) is 0 Å². The Morgan fingerprint density at radius 3 is 2.58 bits per heavy atom. The van der Waals surface area contributed by atoms with Crippen LogP contribution in [0.2, 0.25) is 0 Å². The quantitative estimate of drug-likeness (QED) is 0.857. The van der Waals surface area contributed by atoms with E-state index in [1.54, 1.807) is 11.3 Å². The molecule has 0 radical (unpaired) electrons. The van der Waals surface area contributed by atoms with Crippen molar-refractivity contribution < 1.29 is 4.74 Å². The molecule has 0 saturated heterocycles. The fourth-order valence-electron chi connectivity index (χ4n) is 1.67. The van der Waals surface area contributed by atoms with Crippen molar-refractivity contribution in [2.75, 3.05) is 12.3 Å². The number of hydrogen-bond donors (Lipinski definition) is 1. The average molecular weight is 276 g/mol. The van der Waals surface area contributed by atoms with Crippen LogP contribution in [0.5, 0.6) is 5.75 Å². The van der Waals surface area contributed by atoms with Gasteiger partial charge in [0, 0.05) is 10.4 Å². The summed E-state index contributed by atoms with van der Waals surface area (Å²) < 4.78 is 5.68. The normalized spacial score (nSPS) is 11.0. The van der Waals surface area contributed by atoms with Gasteiger partial charge >= 0.3 is 0 Å². The molecule has 0 saturated carbocycles. The second-order valence-electron chi connectivity index (χ2n) is 5.12. The molecule has 0 amide bonds.